The van der Waals surface area contributed by atoms with Crippen LogP contribution in [0, 0.1) is 6.92 Å². The third-order valence-corrected chi connectivity index (χ3v) is 3.46. The molecule has 5 nitrogen and oxygen atoms in total. The lowest BCUT2D eigenvalue weighted by atomic mass is 10.2. The highest BCUT2D eigenvalue weighted by Crippen LogP contribution is 2.27. The van der Waals surface area contributed by atoms with Gasteiger partial charge in [-0.1, -0.05) is 12.8 Å². The lowest BCUT2D eigenvalue weighted by Crippen LogP contribution is -2.36. The van der Waals surface area contributed by atoms with E-state index in [0.29, 0.717) is 18.5 Å². The number of aromatic nitrogens is 2. The number of hydrogen-bond donors (Lipinski definition) is 2. The van der Waals surface area contributed by atoms with Crippen LogP contribution in [0.15, 0.2) is 6.07 Å². The molecule has 1 fully saturated rings. The van der Waals surface area contributed by atoms with Crippen LogP contribution in [-0.2, 0) is 0 Å². The summed E-state index contributed by atoms with van der Waals surface area (Å²) < 4.78 is 0. The van der Waals surface area contributed by atoms with Crippen molar-refractivity contribution in [3.8, 4) is 0 Å². The number of aliphatic hydroxyl groups is 1. The summed E-state index contributed by atoms with van der Waals surface area (Å²) in [7, 11) is 1.82. The maximum absolute atomic E-state index is 9.25. The van der Waals surface area contributed by atoms with Gasteiger partial charge in [-0.3, -0.25) is 0 Å². The average Bonchev–Trinajstić information content (AvgIpc) is 2.88. The van der Waals surface area contributed by atoms with E-state index >= 15 is 0 Å². The van der Waals surface area contributed by atoms with Crippen LogP contribution in [0.4, 0.5) is 11.8 Å². The first-order valence-electron chi connectivity index (χ1n) is 6.65. The van der Waals surface area contributed by atoms with Crippen molar-refractivity contribution >= 4 is 11.8 Å². The Morgan fingerprint density at radius 3 is 2.72 bits per heavy atom. The summed E-state index contributed by atoms with van der Waals surface area (Å²) in [5.74, 6) is 1.57. The topological polar surface area (TPSA) is 61.3 Å². The molecular weight excluding hydrogens is 228 g/mol. The number of nitrogens with zero attached hydrogens (tertiary/aromatic N) is 3. The second-order valence-corrected chi connectivity index (χ2v) is 4.80. The predicted octanol–water partition coefficient (Wildman–Crippen LogP) is 1.57. The summed E-state index contributed by atoms with van der Waals surface area (Å²) >= 11 is 0. The maximum Gasteiger partial charge on any atom is 0.224 e. The third kappa shape index (κ3) is 2.90. The zero-order valence-corrected chi connectivity index (χ0v) is 11.2. The lowest BCUT2D eigenvalue weighted by Gasteiger charge is -2.29. The molecule has 0 amide bonds. The van der Waals surface area contributed by atoms with Crippen molar-refractivity contribution in [3.05, 3.63) is 11.8 Å². The van der Waals surface area contributed by atoms with E-state index in [-0.39, 0.29) is 6.61 Å². The van der Waals surface area contributed by atoms with Gasteiger partial charge in [-0.25, -0.2) is 4.98 Å². The van der Waals surface area contributed by atoms with Crippen LogP contribution in [0.1, 0.15) is 31.4 Å². The minimum Gasteiger partial charge on any atom is -0.395 e. The van der Waals surface area contributed by atoms with Gasteiger partial charge in [0.25, 0.3) is 0 Å². The molecule has 2 rings (SSSR count). The quantitative estimate of drug-likeness (QED) is 0.830. The number of aliphatic hydroxyl groups excluding tert-OH is 1. The highest BCUT2D eigenvalue weighted by Gasteiger charge is 2.23. The van der Waals surface area contributed by atoms with Crippen molar-refractivity contribution in [3.63, 3.8) is 0 Å². The molecule has 0 saturated heterocycles. The second kappa shape index (κ2) is 6.00. The van der Waals surface area contributed by atoms with Gasteiger partial charge in [0.15, 0.2) is 0 Å². The zero-order valence-electron chi connectivity index (χ0n) is 11.2. The van der Waals surface area contributed by atoms with Crippen LogP contribution < -0.4 is 10.2 Å². The summed E-state index contributed by atoms with van der Waals surface area (Å²) in [6.45, 7) is 2.77. The average molecular weight is 250 g/mol. The molecule has 1 aliphatic rings. The Bertz CT molecular complexity index is 391. The van der Waals surface area contributed by atoms with E-state index in [4.69, 9.17) is 0 Å². The van der Waals surface area contributed by atoms with Gasteiger partial charge >= 0.3 is 0 Å². The van der Waals surface area contributed by atoms with Crippen molar-refractivity contribution in [1.82, 2.24) is 9.97 Å². The van der Waals surface area contributed by atoms with Crippen LogP contribution in [0.5, 0.6) is 0 Å². The standard InChI is InChI=1S/C13H22N4O/c1-10-9-12(16-13(14-2)15-10)17(7-8-18)11-5-3-4-6-11/h9,11,18H,3-8H2,1-2H3,(H,14,15,16). The minimum atomic E-state index is 0.161. The van der Waals surface area contributed by atoms with Crippen molar-refractivity contribution < 1.29 is 5.11 Å². The number of aryl methyl sites for hydroxylation is 1. The molecule has 1 aromatic heterocycles. The minimum absolute atomic E-state index is 0.161. The maximum atomic E-state index is 9.25. The smallest absolute Gasteiger partial charge is 0.224 e. The van der Waals surface area contributed by atoms with E-state index in [2.05, 4.69) is 20.2 Å². The zero-order chi connectivity index (χ0) is 13.0. The Morgan fingerprint density at radius 1 is 1.39 bits per heavy atom. The molecule has 0 aromatic carbocycles. The van der Waals surface area contributed by atoms with E-state index < -0.39 is 0 Å². The Morgan fingerprint density at radius 2 is 2.11 bits per heavy atom. The van der Waals surface area contributed by atoms with Crippen molar-refractivity contribution in [1.29, 1.82) is 0 Å². The molecule has 2 N–H and O–H groups in total. The first-order valence-corrected chi connectivity index (χ1v) is 6.65. The molecule has 18 heavy (non-hydrogen) atoms. The fourth-order valence-electron chi connectivity index (χ4n) is 2.62. The largest absolute Gasteiger partial charge is 0.395 e. The first kappa shape index (κ1) is 13.1. The van der Waals surface area contributed by atoms with Crippen LogP contribution in [0.3, 0.4) is 0 Å². The molecule has 1 heterocycles. The first-order chi connectivity index (χ1) is 8.74. The van der Waals surface area contributed by atoms with Gasteiger partial charge in [-0.15, -0.1) is 0 Å². The summed E-state index contributed by atoms with van der Waals surface area (Å²) in [6, 6.07) is 2.51. The molecule has 0 atom stereocenters. The van der Waals surface area contributed by atoms with Gasteiger partial charge < -0.3 is 15.3 Å². The second-order valence-electron chi connectivity index (χ2n) is 4.80. The molecule has 0 radical (unpaired) electrons. The molecule has 1 aromatic rings. The summed E-state index contributed by atoms with van der Waals surface area (Å²) in [5, 5.41) is 12.2. The predicted molar refractivity (Wildman–Crippen MR) is 73.0 cm³/mol. The van der Waals surface area contributed by atoms with Gasteiger partial charge in [-0.2, -0.15) is 4.98 Å². The number of rotatable bonds is 5. The van der Waals surface area contributed by atoms with Gasteiger partial charge in [0.05, 0.1) is 6.61 Å². The Labute approximate surface area is 108 Å². The molecule has 0 unspecified atom stereocenters. The molecule has 0 spiro atoms. The SMILES string of the molecule is CNc1nc(C)cc(N(CCO)C2CCCC2)n1. The fourth-order valence-corrected chi connectivity index (χ4v) is 2.62. The van der Waals surface area contributed by atoms with Gasteiger partial charge in [-0.05, 0) is 19.8 Å². The van der Waals surface area contributed by atoms with E-state index in [1.54, 1.807) is 0 Å². The van der Waals surface area contributed by atoms with E-state index in [1.807, 2.05) is 20.0 Å². The van der Waals surface area contributed by atoms with Crippen LogP contribution in [-0.4, -0.2) is 41.3 Å². The van der Waals surface area contributed by atoms with Crippen molar-refractivity contribution in [2.24, 2.45) is 0 Å². The molecular formula is C13H22N4O. The lowest BCUT2D eigenvalue weighted by molar-refractivity contribution is 0.297. The van der Waals surface area contributed by atoms with E-state index in [1.165, 1.54) is 25.7 Å². The fraction of sp³-hybridized carbons (Fsp3) is 0.692. The molecule has 5 heteroatoms. The highest BCUT2D eigenvalue weighted by molar-refractivity contribution is 5.45. The molecule has 1 aliphatic carbocycles. The Hall–Kier alpha value is -1.36. The van der Waals surface area contributed by atoms with Gasteiger partial charge in [0.1, 0.15) is 5.82 Å². The number of anilines is 2. The summed E-state index contributed by atoms with van der Waals surface area (Å²) in [4.78, 5) is 11.0. The summed E-state index contributed by atoms with van der Waals surface area (Å²) in [6.07, 6.45) is 4.93. The van der Waals surface area contributed by atoms with Crippen LogP contribution >= 0.6 is 0 Å². The monoisotopic (exact) mass is 250 g/mol. The third-order valence-electron chi connectivity index (χ3n) is 3.46. The van der Waals surface area contributed by atoms with Gasteiger partial charge in [0.2, 0.25) is 5.95 Å². The molecule has 100 valence electrons. The molecule has 0 bridgehead atoms. The van der Waals surface area contributed by atoms with Crippen molar-refractivity contribution in [2.45, 2.75) is 38.6 Å². The summed E-state index contributed by atoms with van der Waals surface area (Å²) in [5.41, 5.74) is 0.949. The van der Waals surface area contributed by atoms with Crippen molar-refractivity contribution in [2.75, 3.05) is 30.4 Å². The Balaban J connectivity index is 2.25. The van der Waals surface area contributed by atoms with E-state index in [0.717, 1.165) is 11.5 Å². The van der Waals surface area contributed by atoms with E-state index in [9.17, 15) is 5.11 Å². The molecule has 1 saturated carbocycles. The van der Waals surface area contributed by atoms with Crippen LogP contribution in [0.2, 0.25) is 0 Å². The number of hydrogen-bond acceptors (Lipinski definition) is 5. The molecule has 0 aliphatic heterocycles. The highest BCUT2D eigenvalue weighted by atomic mass is 16.3. The Kier molecular flexibility index (Phi) is 4.36. The van der Waals surface area contributed by atoms with Crippen LogP contribution in [0.25, 0.3) is 0 Å². The number of nitrogens with one attached hydrogen (secondary N) is 1. The van der Waals surface area contributed by atoms with Gasteiger partial charge in [0, 0.05) is 31.4 Å². The normalized spacial score (nSPS) is 15.9.